The van der Waals surface area contributed by atoms with Crippen LogP contribution in [-0.4, -0.2) is 30.2 Å². The molecule has 0 radical (unpaired) electrons. The Bertz CT molecular complexity index is 189. The number of hydrogen-bond donors (Lipinski definition) is 1. The van der Waals surface area contributed by atoms with Gasteiger partial charge in [0.2, 0.25) is 0 Å². The molecule has 3 heteroatoms. The molecule has 1 saturated heterocycles. The fourth-order valence-electron chi connectivity index (χ4n) is 1.54. The van der Waals surface area contributed by atoms with Crippen molar-refractivity contribution in [3.8, 4) is 0 Å². The minimum absolute atomic E-state index is 0.538. The summed E-state index contributed by atoms with van der Waals surface area (Å²) in [6.45, 7) is 8.66. The minimum Gasteiger partial charge on any atom is -0.380 e. The Morgan fingerprint density at radius 2 is 2.46 bits per heavy atom. The predicted molar refractivity (Wildman–Crippen MR) is 50.4 cm³/mol. The Labute approximate surface area is 79.3 Å². The summed E-state index contributed by atoms with van der Waals surface area (Å²) in [6, 6.07) is 0. The van der Waals surface area contributed by atoms with Crippen LogP contribution in [-0.2, 0) is 9.47 Å². The van der Waals surface area contributed by atoms with Crippen molar-refractivity contribution < 1.29 is 14.6 Å². The van der Waals surface area contributed by atoms with Crippen molar-refractivity contribution in [2.24, 2.45) is 0 Å². The third-order valence-electron chi connectivity index (χ3n) is 2.42. The molecule has 0 saturated carbocycles. The van der Waals surface area contributed by atoms with Gasteiger partial charge >= 0.3 is 0 Å². The maximum absolute atomic E-state index is 10.2. The molecule has 1 fully saturated rings. The lowest BCUT2D eigenvalue weighted by Crippen LogP contribution is -2.49. The van der Waals surface area contributed by atoms with Crippen LogP contribution < -0.4 is 0 Å². The molecule has 0 aliphatic carbocycles. The Morgan fingerprint density at radius 3 is 3.00 bits per heavy atom. The molecule has 1 aliphatic rings. The summed E-state index contributed by atoms with van der Waals surface area (Å²) >= 11 is 0. The first-order chi connectivity index (χ1) is 6.11. The minimum atomic E-state index is -0.992. The van der Waals surface area contributed by atoms with E-state index in [1.54, 1.807) is 6.92 Å². The lowest BCUT2D eigenvalue weighted by atomic mass is 9.88. The summed E-state index contributed by atoms with van der Waals surface area (Å²) in [5.41, 5.74) is -0.278. The highest BCUT2D eigenvalue weighted by atomic mass is 16.7. The van der Waals surface area contributed by atoms with Crippen molar-refractivity contribution in [2.45, 2.75) is 38.6 Å². The molecule has 0 aromatic heterocycles. The van der Waals surface area contributed by atoms with Crippen molar-refractivity contribution >= 4 is 0 Å². The van der Waals surface area contributed by atoms with Gasteiger partial charge in [0.05, 0.1) is 6.61 Å². The van der Waals surface area contributed by atoms with E-state index in [4.69, 9.17) is 9.47 Å². The van der Waals surface area contributed by atoms with Crippen LogP contribution in [0.2, 0.25) is 0 Å². The van der Waals surface area contributed by atoms with E-state index in [1.165, 1.54) is 0 Å². The van der Waals surface area contributed by atoms with Crippen LogP contribution in [0, 0.1) is 0 Å². The van der Waals surface area contributed by atoms with Crippen molar-refractivity contribution in [3.63, 3.8) is 0 Å². The molecule has 0 bridgehead atoms. The summed E-state index contributed by atoms with van der Waals surface area (Å²) in [5, 5.41) is 10.2. The average Bonchev–Trinajstić information content (AvgIpc) is 2.09. The number of rotatable bonds is 3. The monoisotopic (exact) mass is 186 g/mol. The van der Waals surface area contributed by atoms with Gasteiger partial charge in [-0.15, -0.1) is 0 Å². The van der Waals surface area contributed by atoms with Crippen molar-refractivity contribution in [2.75, 3.05) is 13.2 Å². The molecule has 0 aromatic rings. The second-order valence-electron chi connectivity index (χ2n) is 3.47. The molecule has 1 heterocycles. The predicted octanol–water partition coefficient (Wildman–Crippen LogP) is 1.47. The largest absolute Gasteiger partial charge is 0.380 e. The summed E-state index contributed by atoms with van der Waals surface area (Å²) in [5.74, 6) is 0. The van der Waals surface area contributed by atoms with Gasteiger partial charge in [0.15, 0.2) is 6.29 Å². The van der Waals surface area contributed by atoms with Crippen LogP contribution in [0.5, 0.6) is 0 Å². The van der Waals surface area contributed by atoms with Crippen LogP contribution >= 0.6 is 0 Å². The van der Waals surface area contributed by atoms with Gasteiger partial charge < -0.3 is 14.6 Å². The molecular weight excluding hydrogens is 168 g/mol. The summed E-state index contributed by atoms with van der Waals surface area (Å²) < 4.78 is 10.7. The lowest BCUT2D eigenvalue weighted by Gasteiger charge is -2.39. The topological polar surface area (TPSA) is 38.7 Å². The standard InChI is InChI=1S/C10H18O3/c1-4-12-9-10(11,8(2)3)6-5-7-13-9/h9,11H,2,4-7H2,1,3H3. The molecule has 1 aliphatic heterocycles. The average molecular weight is 186 g/mol. The molecule has 2 atom stereocenters. The van der Waals surface area contributed by atoms with E-state index in [2.05, 4.69) is 6.58 Å². The van der Waals surface area contributed by atoms with Gasteiger partial charge in [-0.25, -0.2) is 0 Å². The van der Waals surface area contributed by atoms with Crippen molar-refractivity contribution in [1.29, 1.82) is 0 Å². The van der Waals surface area contributed by atoms with Gasteiger partial charge in [-0.2, -0.15) is 0 Å². The van der Waals surface area contributed by atoms with E-state index < -0.39 is 11.9 Å². The zero-order chi connectivity index (χ0) is 9.90. The van der Waals surface area contributed by atoms with E-state index in [1.807, 2.05) is 6.92 Å². The van der Waals surface area contributed by atoms with Gasteiger partial charge in [0, 0.05) is 6.61 Å². The number of aliphatic hydroxyl groups is 1. The van der Waals surface area contributed by atoms with Crippen LogP contribution in [0.15, 0.2) is 12.2 Å². The Balaban J connectivity index is 2.71. The SMILES string of the molecule is C=C(C)C1(O)CCCOC1OCC. The summed E-state index contributed by atoms with van der Waals surface area (Å²) in [6.07, 6.45) is 0.990. The molecule has 1 N–H and O–H groups in total. The third-order valence-corrected chi connectivity index (χ3v) is 2.42. The van der Waals surface area contributed by atoms with Crippen LogP contribution in [0.25, 0.3) is 0 Å². The molecule has 13 heavy (non-hydrogen) atoms. The van der Waals surface area contributed by atoms with Gasteiger partial charge in [0.25, 0.3) is 0 Å². The Kier molecular flexibility index (Phi) is 3.47. The van der Waals surface area contributed by atoms with E-state index in [-0.39, 0.29) is 0 Å². The van der Waals surface area contributed by atoms with E-state index >= 15 is 0 Å². The number of ether oxygens (including phenoxy) is 2. The second-order valence-corrected chi connectivity index (χ2v) is 3.47. The molecule has 0 amide bonds. The molecule has 76 valence electrons. The maximum Gasteiger partial charge on any atom is 0.190 e. The van der Waals surface area contributed by atoms with E-state index in [0.29, 0.717) is 25.2 Å². The summed E-state index contributed by atoms with van der Waals surface area (Å²) in [4.78, 5) is 0. The molecule has 0 spiro atoms. The lowest BCUT2D eigenvalue weighted by molar-refractivity contribution is -0.245. The number of hydrogen-bond acceptors (Lipinski definition) is 3. The highest BCUT2D eigenvalue weighted by Gasteiger charge is 2.41. The normalized spacial score (nSPS) is 34.5. The van der Waals surface area contributed by atoms with Crippen LogP contribution in [0.1, 0.15) is 26.7 Å². The smallest absolute Gasteiger partial charge is 0.190 e. The first-order valence-electron chi connectivity index (χ1n) is 4.73. The Morgan fingerprint density at radius 1 is 1.77 bits per heavy atom. The first-order valence-corrected chi connectivity index (χ1v) is 4.73. The van der Waals surface area contributed by atoms with Crippen LogP contribution in [0.4, 0.5) is 0 Å². The van der Waals surface area contributed by atoms with E-state index in [9.17, 15) is 5.11 Å². The van der Waals surface area contributed by atoms with Crippen molar-refractivity contribution in [1.82, 2.24) is 0 Å². The van der Waals surface area contributed by atoms with Gasteiger partial charge in [0.1, 0.15) is 5.60 Å². The highest BCUT2D eigenvalue weighted by Crippen LogP contribution is 2.31. The first kappa shape index (κ1) is 10.7. The Hall–Kier alpha value is -0.380. The maximum atomic E-state index is 10.2. The van der Waals surface area contributed by atoms with Crippen LogP contribution in [0.3, 0.4) is 0 Å². The van der Waals surface area contributed by atoms with Gasteiger partial charge in [-0.05, 0) is 32.3 Å². The highest BCUT2D eigenvalue weighted by molar-refractivity contribution is 5.12. The molecule has 3 nitrogen and oxygen atoms in total. The van der Waals surface area contributed by atoms with Crippen molar-refractivity contribution in [3.05, 3.63) is 12.2 Å². The third kappa shape index (κ3) is 2.10. The zero-order valence-corrected chi connectivity index (χ0v) is 8.38. The van der Waals surface area contributed by atoms with Gasteiger partial charge in [-0.3, -0.25) is 0 Å². The van der Waals surface area contributed by atoms with Gasteiger partial charge in [-0.1, -0.05) is 6.58 Å². The fourth-order valence-corrected chi connectivity index (χ4v) is 1.54. The van der Waals surface area contributed by atoms with E-state index in [0.717, 1.165) is 6.42 Å². The molecule has 2 unspecified atom stereocenters. The zero-order valence-electron chi connectivity index (χ0n) is 8.38. The fraction of sp³-hybridized carbons (Fsp3) is 0.800. The summed E-state index contributed by atoms with van der Waals surface area (Å²) in [7, 11) is 0. The molecule has 0 aromatic carbocycles. The molecular formula is C10H18O3. The quantitative estimate of drug-likeness (QED) is 0.678. The molecule has 1 rings (SSSR count). The second kappa shape index (κ2) is 4.22.